The molecule has 1 aromatic rings. The highest BCUT2D eigenvalue weighted by atomic mass is 19.4. The van der Waals surface area contributed by atoms with Gasteiger partial charge in [-0.1, -0.05) is 12.1 Å². The van der Waals surface area contributed by atoms with Gasteiger partial charge in [-0.3, -0.25) is 14.5 Å². The number of methoxy groups -OCH3 is 1. The molecule has 3 rings (SSSR count). The third-order valence-electron chi connectivity index (χ3n) is 5.09. The fourth-order valence-corrected chi connectivity index (χ4v) is 3.66. The van der Waals surface area contributed by atoms with Gasteiger partial charge in [0.1, 0.15) is 0 Å². The first-order valence-electron chi connectivity index (χ1n) is 8.11. The Morgan fingerprint density at radius 3 is 1.97 bits per heavy atom. The van der Waals surface area contributed by atoms with Crippen LogP contribution in [0.4, 0.5) is 17.6 Å². The van der Waals surface area contributed by atoms with Gasteiger partial charge in [-0.2, -0.15) is 13.2 Å². The number of carboxylic acids is 3. The molecule has 1 saturated carbocycles. The lowest BCUT2D eigenvalue weighted by atomic mass is 9.97. The minimum atomic E-state index is -5.08. The molecule has 2 atom stereocenters. The molecule has 1 aliphatic carbocycles. The van der Waals surface area contributed by atoms with E-state index in [1.165, 1.54) is 13.2 Å². The molecule has 0 aromatic heterocycles. The Hall–Kier alpha value is -2.89. The van der Waals surface area contributed by atoms with Crippen LogP contribution in [-0.4, -0.2) is 64.5 Å². The van der Waals surface area contributed by atoms with Crippen molar-refractivity contribution in [1.29, 1.82) is 0 Å². The summed E-state index contributed by atoms with van der Waals surface area (Å²) in [4.78, 5) is 33.6. The number of ether oxygens (including phenoxy) is 1. The van der Waals surface area contributed by atoms with Gasteiger partial charge in [0, 0.05) is 25.2 Å². The normalized spacial score (nSPS) is 25.4. The second kappa shape index (κ2) is 7.50. The molecule has 0 amide bonds. The number of halogens is 4. The van der Waals surface area contributed by atoms with Crippen molar-refractivity contribution in [2.75, 3.05) is 20.2 Å². The quantitative estimate of drug-likeness (QED) is 0.613. The van der Waals surface area contributed by atoms with Crippen LogP contribution in [0.5, 0.6) is 5.75 Å². The zero-order valence-electron chi connectivity index (χ0n) is 15.0. The maximum Gasteiger partial charge on any atom is 0.490 e. The lowest BCUT2D eigenvalue weighted by molar-refractivity contribution is -0.192. The summed E-state index contributed by atoms with van der Waals surface area (Å²) in [6.45, 7) is 0.549. The first-order valence-corrected chi connectivity index (χ1v) is 8.11. The maximum atomic E-state index is 13.7. The number of benzene rings is 1. The van der Waals surface area contributed by atoms with Crippen molar-refractivity contribution in [2.24, 2.45) is 10.8 Å². The number of para-hydroxylation sites is 1. The molecule has 12 heteroatoms. The Balaban J connectivity index is 0.000000370. The summed E-state index contributed by atoms with van der Waals surface area (Å²) in [7, 11) is 1.36. The van der Waals surface area contributed by atoms with E-state index in [-0.39, 0.29) is 31.8 Å². The summed E-state index contributed by atoms with van der Waals surface area (Å²) in [5, 5.41) is 25.9. The predicted octanol–water partition coefficient (Wildman–Crippen LogP) is 1.83. The Morgan fingerprint density at radius 1 is 1.10 bits per heavy atom. The standard InChI is InChI=1S/C15H16FNO5.C2HF3O2/c1-22-11-9(3-2-4-10(11)16)5-17-7-14(12(18)19)6-15(14,8-17)13(20)21;3-2(4,5)1(6)7/h2-4H,5-8H2,1H3,(H,18,19)(H,20,21);(H,6,7)/t14-,15+;. The van der Waals surface area contributed by atoms with E-state index >= 15 is 0 Å². The second-order valence-corrected chi connectivity index (χ2v) is 6.83. The summed E-state index contributed by atoms with van der Waals surface area (Å²) < 4.78 is 50.5. The number of piperidine rings is 1. The Labute approximate surface area is 161 Å². The third-order valence-corrected chi connectivity index (χ3v) is 5.09. The third kappa shape index (κ3) is 3.97. The number of hydrogen-bond acceptors (Lipinski definition) is 5. The SMILES string of the molecule is COc1c(F)cccc1CN1C[C@@]2(C(=O)O)C[C@@]2(C(=O)O)C1.O=C(O)C(F)(F)F. The van der Waals surface area contributed by atoms with Crippen LogP contribution in [0.25, 0.3) is 0 Å². The average molecular weight is 423 g/mol. The van der Waals surface area contributed by atoms with Crippen LogP contribution < -0.4 is 4.74 Å². The molecule has 1 aromatic carbocycles. The molecular formula is C17H17F4NO7. The number of likely N-dealkylation sites (tertiary alicyclic amines) is 1. The Kier molecular flexibility index (Phi) is 5.79. The van der Waals surface area contributed by atoms with Crippen LogP contribution in [0.1, 0.15) is 12.0 Å². The van der Waals surface area contributed by atoms with E-state index in [4.69, 9.17) is 14.6 Å². The molecule has 0 spiro atoms. The molecule has 2 fully saturated rings. The molecule has 0 unspecified atom stereocenters. The van der Waals surface area contributed by atoms with Crippen molar-refractivity contribution in [3.63, 3.8) is 0 Å². The van der Waals surface area contributed by atoms with Crippen molar-refractivity contribution in [3.8, 4) is 5.75 Å². The summed E-state index contributed by atoms with van der Waals surface area (Å²) in [6.07, 6.45) is -4.93. The van der Waals surface area contributed by atoms with Gasteiger partial charge >= 0.3 is 24.1 Å². The minimum Gasteiger partial charge on any atom is -0.493 e. The lowest BCUT2D eigenvalue weighted by Crippen LogP contribution is -2.28. The van der Waals surface area contributed by atoms with Crippen molar-refractivity contribution in [3.05, 3.63) is 29.6 Å². The predicted molar refractivity (Wildman–Crippen MR) is 86.7 cm³/mol. The number of rotatable bonds is 5. The smallest absolute Gasteiger partial charge is 0.490 e. The Bertz CT molecular complexity index is 816. The van der Waals surface area contributed by atoms with Crippen molar-refractivity contribution < 1.29 is 52.0 Å². The average Bonchev–Trinajstić information content (AvgIpc) is 3.14. The van der Waals surface area contributed by atoms with E-state index in [1.54, 1.807) is 17.0 Å². The van der Waals surface area contributed by atoms with Gasteiger partial charge in [-0.25, -0.2) is 9.18 Å². The van der Waals surface area contributed by atoms with E-state index in [2.05, 4.69) is 0 Å². The fraction of sp³-hybridized carbons (Fsp3) is 0.471. The molecule has 1 aliphatic heterocycles. The van der Waals surface area contributed by atoms with E-state index in [0.29, 0.717) is 5.56 Å². The highest BCUT2D eigenvalue weighted by Crippen LogP contribution is 2.68. The first-order chi connectivity index (χ1) is 13.3. The summed E-state index contributed by atoms with van der Waals surface area (Å²) in [6, 6.07) is 4.51. The van der Waals surface area contributed by atoms with Gasteiger partial charge in [0.2, 0.25) is 0 Å². The molecule has 2 aliphatic rings. The molecule has 0 bridgehead atoms. The number of alkyl halides is 3. The molecule has 1 heterocycles. The van der Waals surface area contributed by atoms with E-state index in [9.17, 15) is 37.4 Å². The highest BCUT2D eigenvalue weighted by Gasteiger charge is 2.80. The van der Waals surface area contributed by atoms with Crippen LogP contribution in [0.2, 0.25) is 0 Å². The summed E-state index contributed by atoms with van der Waals surface area (Å²) in [5.41, 5.74) is -1.87. The lowest BCUT2D eigenvalue weighted by Gasteiger charge is -2.21. The van der Waals surface area contributed by atoms with Gasteiger partial charge < -0.3 is 20.1 Å². The fourth-order valence-electron chi connectivity index (χ4n) is 3.66. The molecule has 8 nitrogen and oxygen atoms in total. The zero-order valence-corrected chi connectivity index (χ0v) is 15.0. The molecule has 0 radical (unpaired) electrons. The number of aliphatic carboxylic acids is 3. The maximum absolute atomic E-state index is 13.7. The van der Waals surface area contributed by atoms with Gasteiger partial charge in [-0.05, 0) is 12.5 Å². The Morgan fingerprint density at radius 2 is 1.59 bits per heavy atom. The number of carboxylic acid groups (broad SMARTS) is 3. The summed E-state index contributed by atoms with van der Waals surface area (Å²) >= 11 is 0. The van der Waals surface area contributed by atoms with E-state index in [1.807, 2.05) is 0 Å². The zero-order chi connectivity index (χ0) is 22.2. The van der Waals surface area contributed by atoms with Crippen molar-refractivity contribution in [2.45, 2.75) is 19.1 Å². The molecule has 1 saturated heterocycles. The van der Waals surface area contributed by atoms with Crippen LogP contribution in [0.3, 0.4) is 0 Å². The highest BCUT2D eigenvalue weighted by molar-refractivity contribution is 5.94. The number of nitrogens with zero attached hydrogens (tertiary/aromatic N) is 1. The van der Waals surface area contributed by atoms with E-state index < -0.39 is 40.7 Å². The monoisotopic (exact) mass is 423 g/mol. The second-order valence-electron chi connectivity index (χ2n) is 6.83. The van der Waals surface area contributed by atoms with Crippen molar-refractivity contribution in [1.82, 2.24) is 4.90 Å². The minimum absolute atomic E-state index is 0.108. The van der Waals surface area contributed by atoms with Gasteiger partial charge in [0.05, 0.1) is 17.9 Å². The molecular weight excluding hydrogens is 406 g/mol. The van der Waals surface area contributed by atoms with Crippen molar-refractivity contribution >= 4 is 17.9 Å². The molecule has 3 N–H and O–H groups in total. The number of hydrogen-bond donors (Lipinski definition) is 3. The van der Waals surface area contributed by atoms with Crippen LogP contribution in [0, 0.1) is 16.6 Å². The van der Waals surface area contributed by atoms with Gasteiger partial charge in [0.15, 0.2) is 11.6 Å². The molecule has 29 heavy (non-hydrogen) atoms. The van der Waals surface area contributed by atoms with Crippen LogP contribution >= 0.6 is 0 Å². The van der Waals surface area contributed by atoms with Gasteiger partial charge in [0.25, 0.3) is 0 Å². The van der Waals surface area contributed by atoms with Gasteiger partial charge in [-0.15, -0.1) is 0 Å². The van der Waals surface area contributed by atoms with Crippen LogP contribution in [-0.2, 0) is 20.9 Å². The van der Waals surface area contributed by atoms with E-state index in [0.717, 1.165) is 0 Å². The largest absolute Gasteiger partial charge is 0.493 e. The number of fused-ring (bicyclic) bond motifs is 1. The molecule has 160 valence electrons. The number of carbonyl (C=O) groups is 3. The topological polar surface area (TPSA) is 124 Å². The first kappa shape index (κ1) is 22.4. The summed E-state index contributed by atoms with van der Waals surface area (Å²) in [5.74, 6) is -5.30. The van der Waals surface area contributed by atoms with Crippen LogP contribution in [0.15, 0.2) is 18.2 Å².